The van der Waals surface area contributed by atoms with Crippen LogP contribution in [0.3, 0.4) is 0 Å². The summed E-state index contributed by atoms with van der Waals surface area (Å²) in [5.41, 5.74) is -4.69. The van der Waals surface area contributed by atoms with Crippen molar-refractivity contribution in [2.45, 2.75) is 10.4 Å². The zero-order valence-corrected chi connectivity index (χ0v) is 13.0. The van der Waals surface area contributed by atoms with Crippen LogP contribution < -0.4 is 4.74 Å². The fraction of sp³-hybridized carbons (Fsp3) is 0.0667. The third-order valence-corrected chi connectivity index (χ3v) is 4.68. The number of rotatable bonds is 3. The lowest BCUT2D eigenvalue weighted by Gasteiger charge is -2.13. The van der Waals surface area contributed by atoms with Crippen molar-refractivity contribution in [3.05, 3.63) is 54.6 Å². The summed E-state index contributed by atoms with van der Waals surface area (Å²) in [4.78, 5) is 6.72. The Morgan fingerprint density at radius 2 is 1.60 bits per heavy atom. The van der Waals surface area contributed by atoms with Gasteiger partial charge in [0.1, 0.15) is 22.2 Å². The molecule has 3 aromatic rings. The highest BCUT2D eigenvalue weighted by Gasteiger charge is 2.48. The van der Waals surface area contributed by atoms with E-state index in [0.717, 1.165) is 12.1 Å². The summed E-state index contributed by atoms with van der Waals surface area (Å²) in [7, 11) is -5.79. The van der Waals surface area contributed by atoms with Crippen LogP contribution in [0.4, 0.5) is 17.6 Å². The number of nitrogens with zero attached hydrogens (tertiary/aromatic N) is 2. The average molecular weight is 372 g/mol. The highest BCUT2D eigenvalue weighted by molar-refractivity contribution is 7.92. The monoisotopic (exact) mass is 372 g/mol. The zero-order chi connectivity index (χ0) is 18.2. The summed E-state index contributed by atoms with van der Waals surface area (Å²) in [5, 5.41) is 0. The summed E-state index contributed by atoms with van der Waals surface area (Å²) in [6, 6.07) is 6.12. The van der Waals surface area contributed by atoms with Crippen LogP contribution in [0.1, 0.15) is 0 Å². The van der Waals surface area contributed by atoms with Gasteiger partial charge in [0.25, 0.3) is 9.84 Å². The van der Waals surface area contributed by atoms with Crippen LogP contribution in [-0.2, 0) is 9.84 Å². The highest BCUT2D eigenvalue weighted by Crippen LogP contribution is 2.37. The molecule has 0 atom stereocenters. The molecule has 0 amide bonds. The summed E-state index contributed by atoms with van der Waals surface area (Å²) >= 11 is 0. The van der Waals surface area contributed by atoms with Gasteiger partial charge < -0.3 is 4.74 Å². The van der Waals surface area contributed by atoms with Crippen molar-refractivity contribution in [2.75, 3.05) is 0 Å². The molecule has 0 unspecified atom stereocenters. The van der Waals surface area contributed by atoms with Crippen LogP contribution in [0, 0.1) is 5.82 Å². The summed E-state index contributed by atoms with van der Waals surface area (Å²) in [5.74, 6) is -1.76. The summed E-state index contributed by atoms with van der Waals surface area (Å²) in [6.45, 7) is 0. The van der Waals surface area contributed by atoms with Gasteiger partial charge in [-0.15, -0.1) is 0 Å². The minimum absolute atomic E-state index is 0.0261. The van der Waals surface area contributed by atoms with Crippen LogP contribution in [0.5, 0.6) is 11.5 Å². The molecule has 0 N–H and O–H groups in total. The third kappa shape index (κ3) is 3.25. The van der Waals surface area contributed by atoms with Crippen LogP contribution in [-0.4, -0.2) is 23.9 Å². The van der Waals surface area contributed by atoms with Gasteiger partial charge in [-0.25, -0.2) is 12.8 Å². The maximum absolute atomic E-state index is 13.3. The molecule has 5 nitrogen and oxygen atoms in total. The topological polar surface area (TPSA) is 69.2 Å². The Labute approximate surface area is 138 Å². The number of fused-ring (bicyclic) bond motifs is 1. The van der Waals surface area contributed by atoms with Crippen molar-refractivity contribution in [1.29, 1.82) is 0 Å². The number of sulfone groups is 1. The van der Waals surface area contributed by atoms with E-state index in [0.29, 0.717) is 11.0 Å². The van der Waals surface area contributed by atoms with Gasteiger partial charge in [0.2, 0.25) is 0 Å². The molecule has 0 aliphatic rings. The molecule has 1 aromatic heterocycles. The van der Waals surface area contributed by atoms with Crippen molar-refractivity contribution < 1.29 is 30.7 Å². The van der Waals surface area contributed by atoms with Crippen LogP contribution in [0.15, 0.2) is 53.7 Å². The molecule has 0 aliphatic carbocycles. The van der Waals surface area contributed by atoms with Crippen LogP contribution >= 0.6 is 0 Å². The SMILES string of the molecule is O=S(=O)(c1cc(F)ccc1Oc1ccc2nccnc2c1)C(F)(F)F. The molecule has 10 heteroatoms. The normalized spacial score (nSPS) is 12.3. The Hall–Kier alpha value is -2.75. The first kappa shape index (κ1) is 17.1. The van der Waals surface area contributed by atoms with Gasteiger partial charge in [-0.05, 0) is 30.3 Å². The first-order valence-corrected chi connectivity index (χ1v) is 8.16. The molecule has 0 saturated heterocycles. The minimum Gasteiger partial charge on any atom is -0.456 e. The number of benzene rings is 2. The van der Waals surface area contributed by atoms with Crippen LogP contribution in [0.2, 0.25) is 0 Å². The lowest BCUT2D eigenvalue weighted by atomic mass is 10.3. The first-order chi connectivity index (χ1) is 11.7. The maximum Gasteiger partial charge on any atom is 0.502 e. The Morgan fingerprint density at radius 3 is 2.28 bits per heavy atom. The minimum atomic E-state index is -5.79. The molecule has 1 heterocycles. The zero-order valence-electron chi connectivity index (χ0n) is 12.2. The van der Waals surface area contributed by atoms with Crippen molar-refractivity contribution in [2.24, 2.45) is 0 Å². The van der Waals surface area contributed by atoms with Crippen molar-refractivity contribution in [3.63, 3.8) is 0 Å². The van der Waals surface area contributed by atoms with Gasteiger partial charge >= 0.3 is 5.51 Å². The average Bonchev–Trinajstić information content (AvgIpc) is 2.55. The maximum atomic E-state index is 13.3. The lowest BCUT2D eigenvalue weighted by Crippen LogP contribution is -2.23. The number of ether oxygens (including phenoxy) is 1. The van der Waals surface area contributed by atoms with Gasteiger partial charge in [0.05, 0.1) is 11.0 Å². The third-order valence-electron chi connectivity index (χ3n) is 3.17. The number of alkyl halides is 3. The van der Waals surface area contributed by atoms with E-state index in [4.69, 9.17) is 4.74 Å². The van der Waals surface area contributed by atoms with Crippen molar-refractivity contribution >= 4 is 20.9 Å². The smallest absolute Gasteiger partial charge is 0.456 e. The second-order valence-corrected chi connectivity index (χ2v) is 6.76. The first-order valence-electron chi connectivity index (χ1n) is 6.68. The molecule has 0 aliphatic heterocycles. The van der Waals surface area contributed by atoms with Gasteiger partial charge in [-0.3, -0.25) is 9.97 Å². The number of hydrogen-bond acceptors (Lipinski definition) is 5. The summed E-state index contributed by atoms with van der Waals surface area (Å²) < 4.78 is 80.2. The van der Waals surface area contributed by atoms with E-state index >= 15 is 0 Å². The van der Waals surface area contributed by atoms with E-state index in [1.807, 2.05) is 0 Å². The van der Waals surface area contributed by atoms with Gasteiger partial charge in [-0.1, -0.05) is 0 Å². The van der Waals surface area contributed by atoms with Gasteiger partial charge in [0.15, 0.2) is 0 Å². The largest absolute Gasteiger partial charge is 0.502 e. The molecule has 0 saturated carbocycles. The molecule has 0 radical (unpaired) electrons. The summed E-state index contributed by atoms with van der Waals surface area (Å²) in [6.07, 6.45) is 2.86. The van der Waals surface area contributed by atoms with E-state index in [-0.39, 0.29) is 11.8 Å². The molecule has 0 spiro atoms. The highest BCUT2D eigenvalue weighted by atomic mass is 32.2. The Balaban J connectivity index is 2.08. The Kier molecular flexibility index (Phi) is 4.07. The number of hydrogen-bond donors (Lipinski definition) is 0. The number of aromatic nitrogens is 2. The molecule has 2 aromatic carbocycles. The fourth-order valence-corrected chi connectivity index (χ4v) is 2.93. The predicted octanol–water partition coefficient (Wildman–Crippen LogP) is 3.85. The molecular formula is C15H8F4N2O3S. The van der Waals surface area contributed by atoms with Crippen molar-refractivity contribution in [1.82, 2.24) is 9.97 Å². The molecular weight excluding hydrogens is 364 g/mol. The molecule has 0 bridgehead atoms. The van der Waals surface area contributed by atoms with E-state index in [1.165, 1.54) is 30.6 Å². The predicted molar refractivity (Wildman–Crippen MR) is 79.3 cm³/mol. The molecule has 25 heavy (non-hydrogen) atoms. The standard InChI is InChI=1S/C15H8F4N2O3S/c16-9-1-4-13(14(7-9)25(22,23)15(17,18)19)24-10-2-3-11-12(8-10)21-6-5-20-11/h1-8H. The second kappa shape index (κ2) is 5.96. The van der Waals surface area contributed by atoms with E-state index in [9.17, 15) is 26.0 Å². The lowest BCUT2D eigenvalue weighted by molar-refractivity contribution is -0.0437. The Bertz CT molecular complexity index is 1050. The van der Waals surface area contributed by atoms with Gasteiger partial charge in [0, 0.05) is 18.5 Å². The number of halogens is 4. The van der Waals surface area contributed by atoms with E-state index < -0.39 is 31.8 Å². The molecule has 3 rings (SSSR count). The van der Waals surface area contributed by atoms with E-state index in [2.05, 4.69) is 9.97 Å². The molecule has 0 fully saturated rings. The molecule has 130 valence electrons. The Morgan fingerprint density at radius 1 is 0.920 bits per heavy atom. The van der Waals surface area contributed by atoms with Crippen molar-refractivity contribution in [3.8, 4) is 11.5 Å². The fourth-order valence-electron chi connectivity index (χ4n) is 2.03. The second-order valence-electron chi connectivity index (χ2n) is 4.85. The van der Waals surface area contributed by atoms with E-state index in [1.54, 1.807) is 0 Å². The van der Waals surface area contributed by atoms with Crippen LogP contribution in [0.25, 0.3) is 11.0 Å². The van der Waals surface area contributed by atoms with Gasteiger partial charge in [-0.2, -0.15) is 13.2 Å². The quantitative estimate of drug-likeness (QED) is 0.653.